The summed E-state index contributed by atoms with van der Waals surface area (Å²) in [5, 5.41) is 49.0. The van der Waals surface area contributed by atoms with Gasteiger partial charge >= 0.3 is 5.97 Å². The van der Waals surface area contributed by atoms with Gasteiger partial charge in [-0.05, 0) is 24.6 Å². The number of ether oxygens (including phenoxy) is 3. The quantitative estimate of drug-likeness (QED) is 0.222. The molecule has 1 aliphatic heterocycles. The number of phenols is 1. The van der Waals surface area contributed by atoms with Crippen molar-refractivity contribution in [2.24, 2.45) is 0 Å². The van der Waals surface area contributed by atoms with E-state index in [-0.39, 0.29) is 23.7 Å². The molecule has 9 nitrogen and oxygen atoms in total. The van der Waals surface area contributed by atoms with Crippen LogP contribution in [-0.4, -0.2) is 75.4 Å². The standard InChI is InChI=1S/C23H36O9/c1-2-3-4-5-6-7-8-9-12-30-22(29)16-13-15(25)10-11-17(16)31-23-21(28)20(27)19(26)18(14-24)32-23/h10-11,13,18-21,23-28H,2-9,12,14H2,1H3/t18-,19-,20+,21-,23-/m1/s1. The number of benzene rings is 1. The number of rotatable bonds is 13. The highest BCUT2D eigenvalue weighted by Gasteiger charge is 2.45. The van der Waals surface area contributed by atoms with Crippen molar-refractivity contribution in [3.63, 3.8) is 0 Å². The number of esters is 1. The number of phenolic OH excluding ortho intramolecular Hbond substituents is 1. The van der Waals surface area contributed by atoms with Crippen LogP contribution in [0, 0.1) is 0 Å². The van der Waals surface area contributed by atoms with E-state index in [2.05, 4.69) is 6.92 Å². The van der Waals surface area contributed by atoms with Crippen LogP contribution >= 0.6 is 0 Å². The Morgan fingerprint density at radius 2 is 1.62 bits per heavy atom. The zero-order chi connectivity index (χ0) is 23.5. The van der Waals surface area contributed by atoms with Crippen LogP contribution in [0.2, 0.25) is 0 Å². The first-order valence-corrected chi connectivity index (χ1v) is 11.4. The molecule has 0 aromatic heterocycles. The van der Waals surface area contributed by atoms with Crippen LogP contribution in [0.15, 0.2) is 18.2 Å². The molecule has 9 heteroatoms. The zero-order valence-corrected chi connectivity index (χ0v) is 18.6. The first-order chi connectivity index (χ1) is 15.4. The molecule has 0 unspecified atom stereocenters. The third kappa shape index (κ3) is 7.60. The molecule has 1 aromatic rings. The topological polar surface area (TPSA) is 146 Å². The summed E-state index contributed by atoms with van der Waals surface area (Å²) < 4.78 is 16.2. The predicted octanol–water partition coefficient (Wildman–Crippen LogP) is 1.87. The Kier molecular flexibility index (Phi) is 11.2. The molecule has 0 radical (unpaired) electrons. The van der Waals surface area contributed by atoms with E-state index in [0.29, 0.717) is 0 Å². The number of aromatic hydroxyl groups is 1. The van der Waals surface area contributed by atoms with Gasteiger partial charge in [-0.1, -0.05) is 51.9 Å². The minimum Gasteiger partial charge on any atom is -0.508 e. The average Bonchev–Trinajstić information content (AvgIpc) is 2.79. The molecular weight excluding hydrogens is 420 g/mol. The highest BCUT2D eigenvalue weighted by molar-refractivity contribution is 5.93. The summed E-state index contributed by atoms with van der Waals surface area (Å²) >= 11 is 0. The molecule has 0 spiro atoms. The van der Waals surface area contributed by atoms with E-state index in [1.807, 2.05) is 0 Å². The number of carbonyl (C=O) groups is 1. The van der Waals surface area contributed by atoms with Crippen LogP contribution in [0.3, 0.4) is 0 Å². The summed E-state index contributed by atoms with van der Waals surface area (Å²) in [7, 11) is 0. The molecule has 182 valence electrons. The average molecular weight is 457 g/mol. The fraction of sp³-hybridized carbons (Fsp3) is 0.696. The third-order valence-electron chi connectivity index (χ3n) is 5.51. The molecule has 0 amide bonds. The smallest absolute Gasteiger partial charge is 0.342 e. The SMILES string of the molecule is CCCCCCCCCCOC(=O)c1cc(O)ccc1O[C@@H]1O[C@H](CO)[C@@H](O)[C@H](O)[C@H]1O. The molecule has 32 heavy (non-hydrogen) atoms. The second-order valence-electron chi connectivity index (χ2n) is 8.11. The van der Waals surface area contributed by atoms with Gasteiger partial charge in [0.1, 0.15) is 41.5 Å². The lowest BCUT2D eigenvalue weighted by Crippen LogP contribution is -2.60. The normalized spacial score (nSPS) is 25.5. The highest BCUT2D eigenvalue weighted by atomic mass is 16.7. The van der Waals surface area contributed by atoms with Crippen molar-refractivity contribution in [1.29, 1.82) is 0 Å². The van der Waals surface area contributed by atoms with Crippen LogP contribution < -0.4 is 4.74 Å². The second-order valence-corrected chi connectivity index (χ2v) is 8.11. The summed E-state index contributed by atoms with van der Waals surface area (Å²) in [6, 6.07) is 3.77. The molecular formula is C23H36O9. The minimum absolute atomic E-state index is 0.0342. The van der Waals surface area contributed by atoms with Crippen LogP contribution in [0.4, 0.5) is 0 Å². The van der Waals surface area contributed by atoms with Crippen molar-refractivity contribution >= 4 is 5.97 Å². The summed E-state index contributed by atoms with van der Waals surface area (Å²) in [5.74, 6) is -0.915. The maximum absolute atomic E-state index is 12.5. The Hall–Kier alpha value is -1.91. The van der Waals surface area contributed by atoms with Gasteiger partial charge in [-0.25, -0.2) is 4.79 Å². The lowest BCUT2D eigenvalue weighted by Gasteiger charge is -2.39. The predicted molar refractivity (Wildman–Crippen MR) is 115 cm³/mol. The van der Waals surface area contributed by atoms with E-state index < -0.39 is 43.3 Å². The van der Waals surface area contributed by atoms with Gasteiger partial charge in [0.2, 0.25) is 6.29 Å². The summed E-state index contributed by atoms with van der Waals surface area (Å²) in [4.78, 5) is 12.5. The Balaban J connectivity index is 1.90. The van der Waals surface area contributed by atoms with Crippen LogP contribution in [0.5, 0.6) is 11.5 Å². The summed E-state index contributed by atoms with van der Waals surface area (Å²) in [6.45, 7) is 1.80. The molecule has 0 saturated carbocycles. The first kappa shape index (κ1) is 26.3. The van der Waals surface area contributed by atoms with Crippen molar-refractivity contribution < 1.29 is 44.5 Å². The lowest BCUT2D eigenvalue weighted by molar-refractivity contribution is -0.277. The largest absolute Gasteiger partial charge is 0.508 e. The fourth-order valence-corrected chi connectivity index (χ4v) is 3.55. The number of carbonyl (C=O) groups excluding carboxylic acids is 1. The Morgan fingerprint density at radius 1 is 0.969 bits per heavy atom. The van der Waals surface area contributed by atoms with Gasteiger partial charge in [0.05, 0.1) is 13.2 Å². The molecule has 5 N–H and O–H groups in total. The van der Waals surface area contributed by atoms with Crippen molar-refractivity contribution in [3.05, 3.63) is 23.8 Å². The van der Waals surface area contributed by atoms with E-state index in [9.17, 15) is 30.3 Å². The Bertz CT molecular complexity index is 694. The molecule has 1 saturated heterocycles. The molecule has 1 fully saturated rings. The molecule has 2 rings (SSSR count). The molecule has 0 bridgehead atoms. The van der Waals surface area contributed by atoms with Crippen molar-refractivity contribution in [3.8, 4) is 11.5 Å². The molecule has 1 aromatic carbocycles. The lowest BCUT2D eigenvalue weighted by atomic mass is 9.99. The molecule has 0 aliphatic carbocycles. The van der Waals surface area contributed by atoms with Gasteiger partial charge in [-0.3, -0.25) is 0 Å². The number of hydrogen-bond acceptors (Lipinski definition) is 9. The number of unbranched alkanes of at least 4 members (excludes halogenated alkanes) is 7. The van der Waals surface area contributed by atoms with E-state index in [1.165, 1.54) is 43.9 Å². The van der Waals surface area contributed by atoms with Crippen molar-refractivity contribution in [1.82, 2.24) is 0 Å². The Labute approximate surface area is 188 Å². The van der Waals surface area contributed by atoms with Gasteiger partial charge in [0.15, 0.2) is 0 Å². The van der Waals surface area contributed by atoms with E-state index >= 15 is 0 Å². The molecule has 5 atom stereocenters. The maximum atomic E-state index is 12.5. The zero-order valence-electron chi connectivity index (χ0n) is 18.6. The first-order valence-electron chi connectivity index (χ1n) is 11.4. The molecule has 1 heterocycles. The van der Waals surface area contributed by atoms with E-state index in [1.54, 1.807) is 0 Å². The van der Waals surface area contributed by atoms with Gasteiger partial charge in [0.25, 0.3) is 0 Å². The second kappa shape index (κ2) is 13.6. The van der Waals surface area contributed by atoms with E-state index in [4.69, 9.17) is 14.2 Å². The number of aliphatic hydroxyl groups excluding tert-OH is 4. The monoisotopic (exact) mass is 456 g/mol. The maximum Gasteiger partial charge on any atom is 0.342 e. The van der Waals surface area contributed by atoms with E-state index in [0.717, 1.165) is 25.7 Å². The van der Waals surface area contributed by atoms with Crippen LogP contribution in [-0.2, 0) is 9.47 Å². The number of aliphatic hydroxyl groups is 4. The Morgan fingerprint density at radius 3 is 2.28 bits per heavy atom. The van der Waals surface area contributed by atoms with Crippen LogP contribution in [0.1, 0.15) is 68.6 Å². The van der Waals surface area contributed by atoms with Gasteiger partial charge < -0.3 is 39.7 Å². The molecule has 1 aliphatic rings. The van der Waals surface area contributed by atoms with Gasteiger partial charge in [0, 0.05) is 0 Å². The fourth-order valence-electron chi connectivity index (χ4n) is 3.55. The summed E-state index contributed by atoms with van der Waals surface area (Å²) in [6.07, 6.45) is 1.51. The van der Waals surface area contributed by atoms with Crippen LogP contribution in [0.25, 0.3) is 0 Å². The minimum atomic E-state index is -1.62. The summed E-state index contributed by atoms with van der Waals surface area (Å²) in [5.41, 5.74) is -0.0680. The third-order valence-corrected chi connectivity index (χ3v) is 5.51. The highest BCUT2D eigenvalue weighted by Crippen LogP contribution is 2.29. The van der Waals surface area contributed by atoms with Crippen molar-refractivity contribution in [2.45, 2.75) is 89.0 Å². The van der Waals surface area contributed by atoms with Gasteiger partial charge in [-0.15, -0.1) is 0 Å². The van der Waals surface area contributed by atoms with Gasteiger partial charge in [-0.2, -0.15) is 0 Å². The number of hydrogen-bond donors (Lipinski definition) is 5. The van der Waals surface area contributed by atoms with Crippen molar-refractivity contribution in [2.75, 3.05) is 13.2 Å².